The minimum Gasteiger partial charge on any atom is -0.487 e. The predicted molar refractivity (Wildman–Crippen MR) is 112 cm³/mol. The largest absolute Gasteiger partial charge is 0.487 e. The highest BCUT2D eigenvalue weighted by Crippen LogP contribution is 2.32. The van der Waals surface area contributed by atoms with E-state index in [1.54, 1.807) is 22.9 Å². The Labute approximate surface area is 172 Å². The molecule has 0 bridgehead atoms. The van der Waals surface area contributed by atoms with Gasteiger partial charge < -0.3 is 9.15 Å². The average Bonchev–Trinajstić information content (AvgIpc) is 2.93. The van der Waals surface area contributed by atoms with Crippen LogP contribution in [0.5, 0.6) is 5.75 Å². The Hall–Kier alpha value is -3.41. The Morgan fingerprint density at radius 2 is 1.97 bits per heavy atom. The zero-order valence-corrected chi connectivity index (χ0v) is 16.4. The van der Waals surface area contributed by atoms with Gasteiger partial charge in [0.1, 0.15) is 29.5 Å². The lowest BCUT2D eigenvalue weighted by Gasteiger charge is -2.09. The number of fused-ring (bicyclic) bond motifs is 3. The van der Waals surface area contributed by atoms with Gasteiger partial charge in [0, 0.05) is 35.7 Å². The first kappa shape index (κ1) is 18.6. The van der Waals surface area contributed by atoms with E-state index in [1.807, 2.05) is 12.1 Å². The number of pyridine rings is 2. The van der Waals surface area contributed by atoms with Crippen molar-refractivity contribution in [1.82, 2.24) is 9.55 Å². The van der Waals surface area contributed by atoms with Gasteiger partial charge in [-0.3, -0.25) is 14.3 Å². The summed E-state index contributed by atoms with van der Waals surface area (Å²) in [5.74, 6) is 1.13. The second kappa shape index (κ2) is 7.78. The number of hydrogen-bond acceptors (Lipinski definition) is 4. The van der Waals surface area contributed by atoms with Gasteiger partial charge in [-0.15, -0.1) is 0 Å². The van der Waals surface area contributed by atoms with Gasteiger partial charge in [-0.1, -0.05) is 6.42 Å². The van der Waals surface area contributed by atoms with Crippen molar-refractivity contribution in [3.8, 4) is 11.4 Å². The van der Waals surface area contributed by atoms with Crippen molar-refractivity contribution in [2.24, 2.45) is 0 Å². The van der Waals surface area contributed by atoms with Crippen LogP contribution in [0.1, 0.15) is 36.3 Å². The van der Waals surface area contributed by atoms with Gasteiger partial charge in [0.05, 0.1) is 17.6 Å². The van der Waals surface area contributed by atoms with Gasteiger partial charge in [0.25, 0.3) is 5.56 Å². The second-order valence-corrected chi connectivity index (χ2v) is 7.57. The third-order valence-corrected chi connectivity index (χ3v) is 5.54. The molecule has 0 aliphatic heterocycles. The number of aromatic nitrogens is 2. The highest BCUT2D eigenvalue weighted by Gasteiger charge is 2.17. The molecule has 5 nitrogen and oxygen atoms in total. The first-order chi connectivity index (χ1) is 14.7. The number of rotatable bonds is 4. The minimum atomic E-state index is -0.397. The molecule has 0 saturated carbocycles. The van der Waals surface area contributed by atoms with Crippen LogP contribution in [0.3, 0.4) is 0 Å². The molecule has 6 heteroatoms. The van der Waals surface area contributed by atoms with Crippen LogP contribution in [0.2, 0.25) is 0 Å². The molecule has 0 atom stereocenters. The van der Waals surface area contributed by atoms with Gasteiger partial charge in [-0.25, -0.2) is 4.39 Å². The van der Waals surface area contributed by atoms with Crippen molar-refractivity contribution in [3.05, 3.63) is 88.0 Å². The zero-order chi connectivity index (χ0) is 20.5. The summed E-state index contributed by atoms with van der Waals surface area (Å²) in [5.41, 5.74) is 3.28. The fraction of sp³-hybridized carbons (Fsp3) is 0.250. The second-order valence-electron chi connectivity index (χ2n) is 7.57. The van der Waals surface area contributed by atoms with Crippen molar-refractivity contribution in [2.75, 3.05) is 0 Å². The van der Waals surface area contributed by atoms with E-state index in [1.165, 1.54) is 30.5 Å². The number of furan rings is 1. The number of halogens is 1. The van der Waals surface area contributed by atoms with Crippen molar-refractivity contribution >= 4 is 11.0 Å². The quantitative estimate of drug-likeness (QED) is 0.451. The summed E-state index contributed by atoms with van der Waals surface area (Å²) in [6.07, 6.45) is 8.45. The Kier molecular flexibility index (Phi) is 4.83. The monoisotopic (exact) mass is 404 g/mol. The molecule has 30 heavy (non-hydrogen) atoms. The number of benzene rings is 1. The average molecular weight is 404 g/mol. The molecule has 1 aromatic carbocycles. The van der Waals surface area contributed by atoms with Crippen molar-refractivity contribution in [1.29, 1.82) is 0 Å². The molecule has 0 saturated heterocycles. The zero-order valence-electron chi connectivity index (χ0n) is 16.4. The van der Waals surface area contributed by atoms with E-state index < -0.39 is 5.82 Å². The Morgan fingerprint density at radius 3 is 2.80 bits per heavy atom. The molecule has 0 fully saturated rings. The van der Waals surface area contributed by atoms with Gasteiger partial charge >= 0.3 is 0 Å². The number of hydrogen-bond donors (Lipinski definition) is 0. The summed E-state index contributed by atoms with van der Waals surface area (Å²) in [7, 11) is 0. The molecule has 1 aliphatic rings. The molecule has 0 unspecified atom stereocenters. The first-order valence-corrected chi connectivity index (χ1v) is 10.2. The topological polar surface area (TPSA) is 57.3 Å². The van der Waals surface area contributed by atoms with E-state index in [2.05, 4.69) is 11.1 Å². The molecule has 4 aromatic rings. The van der Waals surface area contributed by atoms with Crippen LogP contribution in [-0.2, 0) is 19.4 Å². The molecule has 0 radical (unpaired) electrons. The van der Waals surface area contributed by atoms with Crippen LogP contribution in [0.25, 0.3) is 16.7 Å². The molecule has 0 N–H and O–H groups in total. The smallest absolute Gasteiger partial charge is 0.258 e. The molecular weight excluding hydrogens is 383 g/mol. The third-order valence-electron chi connectivity index (χ3n) is 5.54. The van der Waals surface area contributed by atoms with E-state index in [0.29, 0.717) is 11.4 Å². The lowest BCUT2D eigenvalue weighted by molar-refractivity contribution is 0.300. The lowest BCUT2D eigenvalue weighted by atomic mass is 10.1. The van der Waals surface area contributed by atoms with Crippen LogP contribution >= 0.6 is 0 Å². The van der Waals surface area contributed by atoms with E-state index in [4.69, 9.17) is 9.15 Å². The predicted octanol–water partition coefficient (Wildman–Crippen LogP) is 4.97. The van der Waals surface area contributed by atoms with E-state index in [0.717, 1.165) is 47.9 Å². The first-order valence-electron chi connectivity index (χ1n) is 10.2. The molecule has 5 rings (SSSR count). The number of aryl methyl sites for hydroxylation is 2. The fourth-order valence-corrected chi connectivity index (χ4v) is 3.99. The van der Waals surface area contributed by atoms with Gasteiger partial charge in [0.2, 0.25) is 0 Å². The van der Waals surface area contributed by atoms with Crippen LogP contribution in [0, 0.1) is 5.82 Å². The molecule has 3 heterocycles. The van der Waals surface area contributed by atoms with Crippen LogP contribution < -0.4 is 10.3 Å². The lowest BCUT2D eigenvalue weighted by Crippen LogP contribution is -2.16. The SMILES string of the molecule is O=c1cc(OCc2ccc(F)cn2)ccn1-c1ccc2c3c(oc2c1)CCCCC3. The molecule has 3 aromatic heterocycles. The molecule has 152 valence electrons. The van der Waals surface area contributed by atoms with Crippen molar-refractivity contribution in [3.63, 3.8) is 0 Å². The van der Waals surface area contributed by atoms with Crippen molar-refractivity contribution < 1.29 is 13.5 Å². The molecular formula is C24H21FN2O3. The van der Waals surface area contributed by atoms with E-state index in [9.17, 15) is 9.18 Å². The maximum absolute atomic E-state index is 12.9. The third kappa shape index (κ3) is 3.61. The van der Waals surface area contributed by atoms with E-state index in [-0.39, 0.29) is 12.2 Å². The normalized spacial score (nSPS) is 13.8. The highest BCUT2D eigenvalue weighted by atomic mass is 19.1. The van der Waals surface area contributed by atoms with Crippen LogP contribution in [0.4, 0.5) is 4.39 Å². The van der Waals surface area contributed by atoms with Gasteiger partial charge in [-0.05, 0) is 49.6 Å². The van der Waals surface area contributed by atoms with Gasteiger partial charge in [0.15, 0.2) is 0 Å². The summed E-state index contributed by atoms with van der Waals surface area (Å²) in [4.78, 5) is 16.6. The number of ether oxygens (including phenoxy) is 1. The number of nitrogens with zero attached hydrogens (tertiary/aromatic N) is 2. The van der Waals surface area contributed by atoms with Crippen LogP contribution in [-0.4, -0.2) is 9.55 Å². The van der Waals surface area contributed by atoms with Crippen molar-refractivity contribution in [2.45, 2.75) is 38.7 Å². The summed E-state index contributed by atoms with van der Waals surface area (Å²) in [6, 6.07) is 12.0. The van der Waals surface area contributed by atoms with Crippen LogP contribution in [0.15, 0.2) is 64.1 Å². The summed E-state index contributed by atoms with van der Waals surface area (Å²) in [5, 5.41) is 1.15. The molecule has 0 amide bonds. The summed E-state index contributed by atoms with van der Waals surface area (Å²) < 4.78 is 26.2. The standard InChI is InChI=1S/C24H21FN2O3/c25-16-6-7-17(26-14-16)15-29-19-10-11-27(24(28)13-19)18-8-9-21-20-4-2-1-3-5-22(20)30-23(21)12-18/h6-14H,1-5,15H2. The minimum absolute atomic E-state index is 0.160. The highest BCUT2D eigenvalue weighted by molar-refractivity contribution is 5.84. The summed E-state index contributed by atoms with van der Waals surface area (Å²) >= 11 is 0. The molecule has 0 spiro atoms. The molecule has 1 aliphatic carbocycles. The Morgan fingerprint density at radius 1 is 1.07 bits per heavy atom. The maximum Gasteiger partial charge on any atom is 0.258 e. The maximum atomic E-state index is 12.9. The van der Waals surface area contributed by atoms with E-state index >= 15 is 0 Å². The Bertz CT molecular complexity index is 1260. The Balaban J connectivity index is 1.39. The summed E-state index contributed by atoms with van der Waals surface area (Å²) in [6.45, 7) is 0.160. The fourth-order valence-electron chi connectivity index (χ4n) is 3.99. The van der Waals surface area contributed by atoms with Gasteiger partial charge in [-0.2, -0.15) is 0 Å².